The second kappa shape index (κ2) is 5.69. The van der Waals surface area contributed by atoms with Crippen LogP contribution in [-0.4, -0.2) is 22.6 Å². The molecule has 0 unspecified atom stereocenters. The van der Waals surface area contributed by atoms with E-state index in [0.29, 0.717) is 28.5 Å². The van der Waals surface area contributed by atoms with Gasteiger partial charge in [-0.15, -0.1) is 0 Å². The Hall–Kier alpha value is -2.15. The number of benzene rings is 1. The minimum absolute atomic E-state index is 0.130. The smallest absolute Gasteiger partial charge is 0.295 e. The van der Waals surface area contributed by atoms with E-state index < -0.39 is 10.0 Å². The van der Waals surface area contributed by atoms with Crippen LogP contribution in [0.4, 0.5) is 5.69 Å². The van der Waals surface area contributed by atoms with Gasteiger partial charge in [0.25, 0.3) is 10.0 Å². The van der Waals surface area contributed by atoms with Gasteiger partial charge in [-0.25, -0.2) is 0 Å². The fourth-order valence-corrected chi connectivity index (χ4v) is 2.94. The van der Waals surface area contributed by atoms with E-state index in [-0.39, 0.29) is 5.09 Å². The lowest BCUT2D eigenvalue weighted by molar-refractivity contribution is 0.355. The van der Waals surface area contributed by atoms with E-state index in [0.717, 1.165) is 0 Å². The van der Waals surface area contributed by atoms with Gasteiger partial charge in [-0.05, 0) is 37.6 Å². The Morgan fingerprint density at radius 2 is 1.67 bits per heavy atom. The van der Waals surface area contributed by atoms with Crippen LogP contribution in [0.1, 0.15) is 11.3 Å². The standard InChI is InChI=1S/C14H17NO5S/c1-9-7-12(18-3)13(19-4)8-11(9)15-21(16,17)14-6-5-10(2)20-14/h5-8,15H,1-4H3. The Balaban J connectivity index is 2.39. The number of rotatable bonds is 5. The number of sulfonamides is 1. The zero-order valence-corrected chi connectivity index (χ0v) is 13.1. The monoisotopic (exact) mass is 311 g/mol. The van der Waals surface area contributed by atoms with Crippen molar-refractivity contribution in [1.82, 2.24) is 0 Å². The minimum Gasteiger partial charge on any atom is -0.493 e. The molecule has 0 aliphatic heterocycles. The maximum atomic E-state index is 12.2. The largest absolute Gasteiger partial charge is 0.493 e. The lowest BCUT2D eigenvalue weighted by Crippen LogP contribution is -2.13. The summed E-state index contributed by atoms with van der Waals surface area (Å²) in [5, 5.41) is -0.130. The summed E-state index contributed by atoms with van der Waals surface area (Å²) in [5.74, 6) is 1.50. The molecule has 7 heteroatoms. The molecule has 0 saturated carbocycles. The molecule has 0 amide bonds. The number of hydrogen-bond acceptors (Lipinski definition) is 5. The number of anilines is 1. The lowest BCUT2D eigenvalue weighted by atomic mass is 10.2. The molecule has 1 aromatic heterocycles. The molecule has 0 fully saturated rings. The quantitative estimate of drug-likeness (QED) is 0.918. The van der Waals surface area contributed by atoms with E-state index in [9.17, 15) is 8.42 Å². The molecule has 0 bridgehead atoms. The highest BCUT2D eigenvalue weighted by Gasteiger charge is 2.20. The number of aryl methyl sites for hydroxylation is 2. The number of methoxy groups -OCH3 is 2. The molecule has 2 aromatic rings. The summed E-state index contributed by atoms with van der Waals surface area (Å²) in [6.07, 6.45) is 0. The first-order valence-electron chi connectivity index (χ1n) is 6.19. The third kappa shape index (κ3) is 3.13. The number of hydrogen-bond donors (Lipinski definition) is 1. The van der Waals surface area contributed by atoms with Crippen LogP contribution in [0.2, 0.25) is 0 Å². The van der Waals surface area contributed by atoms with Crippen molar-refractivity contribution in [2.45, 2.75) is 18.9 Å². The van der Waals surface area contributed by atoms with Crippen molar-refractivity contribution in [3.8, 4) is 11.5 Å². The van der Waals surface area contributed by atoms with Crippen LogP contribution in [0.25, 0.3) is 0 Å². The Kier molecular flexibility index (Phi) is 4.13. The predicted octanol–water partition coefficient (Wildman–Crippen LogP) is 2.71. The second-order valence-corrected chi connectivity index (χ2v) is 6.11. The number of furan rings is 1. The van der Waals surface area contributed by atoms with Crippen molar-refractivity contribution in [1.29, 1.82) is 0 Å². The van der Waals surface area contributed by atoms with E-state index in [1.54, 1.807) is 32.0 Å². The Morgan fingerprint density at radius 1 is 1.05 bits per heavy atom. The van der Waals surface area contributed by atoms with Gasteiger partial charge in [0.2, 0.25) is 5.09 Å². The molecule has 1 aromatic carbocycles. The first kappa shape index (κ1) is 15.2. The summed E-state index contributed by atoms with van der Waals surface area (Å²) in [4.78, 5) is 0. The summed E-state index contributed by atoms with van der Waals surface area (Å²) >= 11 is 0. The summed E-state index contributed by atoms with van der Waals surface area (Å²) in [7, 11) is -0.765. The van der Waals surface area contributed by atoms with Gasteiger partial charge in [0.15, 0.2) is 11.5 Å². The fourth-order valence-electron chi connectivity index (χ4n) is 1.84. The van der Waals surface area contributed by atoms with Gasteiger partial charge in [-0.2, -0.15) is 8.42 Å². The van der Waals surface area contributed by atoms with Gasteiger partial charge in [0.05, 0.1) is 19.9 Å². The molecule has 0 atom stereocenters. The van der Waals surface area contributed by atoms with Crippen LogP contribution >= 0.6 is 0 Å². The summed E-state index contributed by atoms with van der Waals surface area (Å²) in [6.45, 7) is 3.45. The highest BCUT2D eigenvalue weighted by Crippen LogP contribution is 2.33. The molecule has 0 aliphatic rings. The molecule has 114 valence electrons. The van der Waals surface area contributed by atoms with E-state index in [2.05, 4.69) is 4.72 Å². The van der Waals surface area contributed by atoms with Gasteiger partial charge < -0.3 is 13.9 Å². The molecule has 0 saturated heterocycles. The molecule has 1 heterocycles. The third-order valence-electron chi connectivity index (χ3n) is 2.96. The first-order chi connectivity index (χ1) is 9.87. The van der Waals surface area contributed by atoms with Gasteiger partial charge in [0, 0.05) is 6.07 Å². The molecular weight excluding hydrogens is 294 g/mol. The van der Waals surface area contributed by atoms with Crippen molar-refractivity contribution < 1.29 is 22.3 Å². The van der Waals surface area contributed by atoms with Crippen LogP contribution in [0.3, 0.4) is 0 Å². The van der Waals surface area contributed by atoms with Crippen molar-refractivity contribution in [2.75, 3.05) is 18.9 Å². The van der Waals surface area contributed by atoms with Crippen LogP contribution in [0.5, 0.6) is 11.5 Å². The van der Waals surface area contributed by atoms with Gasteiger partial charge >= 0.3 is 0 Å². The average Bonchev–Trinajstić information content (AvgIpc) is 2.88. The van der Waals surface area contributed by atoms with Crippen LogP contribution < -0.4 is 14.2 Å². The molecular formula is C14H17NO5S. The van der Waals surface area contributed by atoms with Crippen LogP contribution in [0, 0.1) is 13.8 Å². The maximum absolute atomic E-state index is 12.2. The number of ether oxygens (including phenoxy) is 2. The highest BCUT2D eigenvalue weighted by atomic mass is 32.2. The molecule has 0 spiro atoms. The SMILES string of the molecule is COc1cc(C)c(NS(=O)(=O)c2ccc(C)o2)cc1OC. The molecule has 6 nitrogen and oxygen atoms in total. The van der Waals surface area contributed by atoms with Gasteiger partial charge in [-0.1, -0.05) is 0 Å². The minimum atomic E-state index is -3.77. The Morgan fingerprint density at radius 3 is 2.19 bits per heavy atom. The molecule has 0 radical (unpaired) electrons. The van der Waals surface area contributed by atoms with Crippen LogP contribution in [-0.2, 0) is 10.0 Å². The van der Waals surface area contributed by atoms with E-state index in [4.69, 9.17) is 13.9 Å². The van der Waals surface area contributed by atoms with Crippen molar-refractivity contribution >= 4 is 15.7 Å². The van der Waals surface area contributed by atoms with Gasteiger partial charge in [-0.3, -0.25) is 4.72 Å². The van der Waals surface area contributed by atoms with E-state index >= 15 is 0 Å². The van der Waals surface area contributed by atoms with E-state index in [1.807, 2.05) is 0 Å². The van der Waals surface area contributed by atoms with Gasteiger partial charge in [0.1, 0.15) is 5.76 Å². The first-order valence-corrected chi connectivity index (χ1v) is 7.67. The van der Waals surface area contributed by atoms with Crippen molar-refractivity contribution in [3.05, 3.63) is 35.6 Å². The molecule has 0 aliphatic carbocycles. The maximum Gasteiger partial charge on any atom is 0.295 e. The Bertz CT molecular complexity index is 749. The fraction of sp³-hybridized carbons (Fsp3) is 0.286. The lowest BCUT2D eigenvalue weighted by Gasteiger charge is -2.13. The van der Waals surface area contributed by atoms with Crippen molar-refractivity contribution in [3.63, 3.8) is 0 Å². The predicted molar refractivity (Wildman–Crippen MR) is 78.5 cm³/mol. The zero-order valence-electron chi connectivity index (χ0n) is 12.3. The molecule has 2 rings (SSSR count). The van der Waals surface area contributed by atoms with Crippen molar-refractivity contribution in [2.24, 2.45) is 0 Å². The van der Waals surface area contributed by atoms with E-state index in [1.165, 1.54) is 20.3 Å². The van der Waals surface area contributed by atoms with Crippen LogP contribution in [0.15, 0.2) is 33.8 Å². The third-order valence-corrected chi connectivity index (χ3v) is 4.19. The Labute approximate surface area is 123 Å². The normalized spacial score (nSPS) is 11.2. The highest BCUT2D eigenvalue weighted by molar-refractivity contribution is 7.92. The number of nitrogens with one attached hydrogen (secondary N) is 1. The summed E-state index contributed by atoms with van der Waals surface area (Å²) in [6, 6.07) is 6.27. The average molecular weight is 311 g/mol. The molecule has 1 N–H and O–H groups in total. The second-order valence-electron chi connectivity index (χ2n) is 4.49. The molecule has 21 heavy (non-hydrogen) atoms. The topological polar surface area (TPSA) is 77.8 Å². The summed E-state index contributed by atoms with van der Waals surface area (Å²) < 4.78 is 42.5. The zero-order chi connectivity index (χ0) is 15.6. The summed E-state index contributed by atoms with van der Waals surface area (Å²) in [5.41, 5.74) is 1.11.